The standard InChI is InChI=1S/C14H16F2N2O2/c1-9(19)18-7-5-10(6-8-18)17-14(20)11-3-2-4-12(15)13(11)16/h2-4,10H,5-8H2,1H3,(H,17,20). The van der Waals surface area contributed by atoms with Gasteiger partial charge in [-0.1, -0.05) is 6.07 Å². The summed E-state index contributed by atoms with van der Waals surface area (Å²) < 4.78 is 26.5. The molecule has 20 heavy (non-hydrogen) atoms. The molecule has 0 atom stereocenters. The van der Waals surface area contributed by atoms with E-state index in [1.807, 2.05) is 0 Å². The van der Waals surface area contributed by atoms with Crippen LogP contribution in [0.5, 0.6) is 0 Å². The van der Waals surface area contributed by atoms with Crippen molar-refractivity contribution in [3.63, 3.8) is 0 Å². The van der Waals surface area contributed by atoms with E-state index in [9.17, 15) is 18.4 Å². The minimum Gasteiger partial charge on any atom is -0.349 e. The highest BCUT2D eigenvalue weighted by Crippen LogP contribution is 2.14. The summed E-state index contributed by atoms with van der Waals surface area (Å²) in [4.78, 5) is 24.8. The molecule has 1 aromatic rings. The number of carbonyl (C=O) groups excluding carboxylic acids is 2. The second kappa shape index (κ2) is 5.98. The number of rotatable bonds is 2. The fourth-order valence-corrected chi connectivity index (χ4v) is 2.28. The highest BCUT2D eigenvalue weighted by Gasteiger charge is 2.23. The van der Waals surface area contributed by atoms with Gasteiger partial charge in [-0.2, -0.15) is 0 Å². The summed E-state index contributed by atoms with van der Waals surface area (Å²) in [5.74, 6) is -2.79. The minimum atomic E-state index is -1.13. The zero-order valence-electron chi connectivity index (χ0n) is 11.2. The number of carbonyl (C=O) groups is 2. The lowest BCUT2D eigenvalue weighted by molar-refractivity contribution is -0.129. The van der Waals surface area contributed by atoms with Crippen LogP contribution in [-0.4, -0.2) is 35.8 Å². The van der Waals surface area contributed by atoms with Crippen molar-refractivity contribution in [2.75, 3.05) is 13.1 Å². The van der Waals surface area contributed by atoms with E-state index < -0.39 is 17.5 Å². The van der Waals surface area contributed by atoms with E-state index >= 15 is 0 Å². The van der Waals surface area contributed by atoms with Crippen molar-refractivity contribution < 1.29 is 18.4 Å². The number of likely N-dealkylation sites (tertiary alicyclic amines) is 1. The molecule has 2 rings (SSSR count). The van der Waals surface area contributed by atoms with Gasteiger partial charge in [0, 0.05) is 26.1 Å². The summed E-state index contributed by atoms with van der Waals surface area (Å²) in [6, 6.07) is 3.39. The van der Waals surface area contributed by atoms with Gasteiger partial charge in [-0.05, 0) is 25.0 Å². The zero-order valence-corrected chi connectivity index (χ0v) is 11.2. The SMILES string of the molecule is CC(=O)N1CCC(NC(=O)c2cccc(F)c2F)CC1. The number of hydrogen-bond donors (Lipinski definition) is 1. The van der Waals surface area contributed by atoms with Crippen molar-refractivity contribution >= 4 is 11.8 Å². The molecule has 0 unspecified atom stereocenters. The van der Waals surface area contributed by atoms with Crippen molar-refractivity contribution in [3.05, 3.63) is 35.4 Å². The molecule has 0 radical (unpaired) electrons. The molecule has 1 saturated heterocycles. The van der Waals surface area contributed by atoms with Gasteiger partial charge >= 0.3 is 0 Å². The van der Waals surface area contributed by atoms with E-state index in [-0.39, 0.29) is 17.5 Å². The number of nitrogens with one attached hydrogen (secondary N) is 1. The van der Waals surface area contributed by atoms with E-state index in [0.29, 0.717) is 25.9 Å². The normalized spacial score (nSPS) is 16.1. The fraction of sp³-hybridized carbons (Fsp3) is 0.429. The summed E-state index contributed by atoms with van der Waals surface area (Å²) in [5.41, 5.74) is -0.293. The summed E-state index contributed by atoms with van der Waals surface area (Å²) in [7, 11) is 0. The van der Waals surface area contributed by atoms with Crippen LogP contribution >= 0.6 is 0 Å². The lowest BCUT2D eigenvalue weighted by Gasteiger charge is -2.31. The molecule has 1 aromatic carbocycles. The van der Waals surface area contributed by atoms with Crippen LogP contribution in [0.3, 0.4) is 0 Å². The van der Waals surface area contributed by atoms with Crippen LogP contribution in [0.1, 0.15) is 30.1 Å². The van der Waals surface area contributed by atoms with Crippen LogP contribution < -0.4 is 5.32 Å². The largest absolute Gasteiger partial charge is 0.349 e. The molecule has 1 heterocycles. The van der Waals surface area contributed by atoms with Crippen molar-refractivity contribution in [3.8, 4) is 0 Å². The van der Waals surface area contributed by atoms with E-state index in [2.05, 4.69) is 5.32 Å². The number of benzene rings is 1. The van der Waals surface area contributed by atoms with Crippen LogP contribution in [0.2, 0.25) is 0 Å². The third-order valence-corrected chi connectivity index (χ3v) is 3.47. The molecule has 0 saturated carbocycles. The predicted octanol–water partition coefficient (Wildman–Crippen LogP) is 1.71. The Morgan fingerprint density at radius 3 is 2.50 bits per heavy atom. The topological polar surface area (TPSA) is 49.4 Å². The molecule has 6 heteroatoms. The fourth-order valence-electron chi connectivity index (χ4n) is 2.28. The van der Waals surface area contributed by atoms with E-state index in [1.54, 1.807) is 4.90 Å². The summed E-state index contributed by atoms with van der Waals surface area (Å²) >= 11 is 0. The van der Waals surface area contributed by atoms with Gasteiger partial charge in [0.25, 0.3) is 5.91 Å². The lowest BCUT2D eigenvalue weighted by atomic mass is 10.0. The molecule has 1 aliphatic heterocycles. The Morgan fingerprint density at radius 2 is 1.90 bits per heavy atom. The van der Waals surface area contributed by atoms with Crippen LogP contribution in [-0.2, 0) is 4.79 Å². The van der Waals surface area contributed by atoms with Gasteiger partial charge in [-0.25, -0.2) is 8.78 Å². The Labute approximate surface area is 115 Å². The first-order valence-corrected chi connectivity index (χ1v) is 6.49. The monoisotopic (exact) mass is 282 g/mol. The molecule has 0 aliphatic carbocycles. The number of piperidine rings is 1. The Kier molecular flexibility index (Phi) is 4.32. The Hall–Kier alpha value is -1.98. The first kappa shape index (κ1) is 14.4. The Bertz CT molecular complexity index is 526. The number of halogens is 2. The molecule has 0 spiro atoms. The lowest BCUT2D eigenvalue weighted by Crippen LogP contribution is -2.46. The van der Waals surface area contributed by atoms with Crippen molar-refractivity contribution in [2.24, 2.45) is 0 Å². The van der Waals surface area contributed by atoms with Crippen molar-refractivity contribution in [1.29, 1.82) is 0 Å². The average molecular weight is 282 g/mol. The highest BCUT2D eigenvalue weighted by atomic mass is 19.2. The van der Waals surface area contributed by atoms with Crippen molar-refractivity contribution in [2.45, 2.75) is 25.8 Å². The van der Waals surface area contributed by atoms with E-state index in [1.165, 1.54) is 19.1 Å². The predicted molar refractivity (Wildman–Crippen MR) is 69.1 cm³/mol. The molecular weight excluding hydrogens is 266 g/mol. The summed E-state index contributed by atoms with van der Waals surface area (Å²) in [6.07, 6.45) is 1.23. The number of hydrogen-bond acceptors (Lipinski definition) is 2. The molecule has 2 amide bonds. The van der Waals surface area contributed by atoms with Crippen molar-refractivity contribution in [1.82, 2.24) is 10.2 Å². The van der Waals surface area contributed by atoms with E-state index in [0.717, 1.165) is 6.07 Å². The van der Waals surface area contributed by atoms with E-state index in [4.69, 9.17) is 0 Å². The summed E-state index contributed by atoms with van der Waals surface area (Å²) in [6.45, 7) is 2.62. The Morgan fingerprint density at radius 1 is 1.25 bits per heavy atom. The first-order chi connectivity index (χ1) is 9.49. The third kappa shape index (κ3) is 3.12. The highest BCUT2D eigenvalue weighted by molar-refractivity contribution is 5.94. The molecule has 4 nitrogen and oxygen atoms in total. The second-order valence-electron chi connectivity index (χ2n) is 4.86. The molecule has 0 aromatic heterocycles. The molecule has 108 valence electrons. The maximum atomic E-state index is 13.5. The molecule has 1 fully saturated rings. The first-order valence-electron chi connectivity index (χ1n) is 6.49. The van der Waals surface area contributed by atoms with Crippen LogP contribution in [0.25, 0.3) is 0 Å². The molecule has 0 bridgehead atoms. The van der Waals surface area contributed by atoms with Crippen LogP contribution in [0.4, 0.5) is 8.78 Å². The average Bonchev–Trinajstić information content (AvgIpc) is 2.42. The second-order valence-corrected chi connectivity index (χ2v) is 4.86. The van der Waals surface area contributed by atoms with Gasteiger partial charge in [-0.15, -0.1) is 0 Å². The van der Waals surface area contributed by atoms with Gasteiger partial charge in [0.05, 0.1) is 5.56 Å². The van der Waals surface area contributed by atoms with Gasteiger partial charge < -0.3 is 10.2 Å². The number of nitrogens with zero attached hydrogens (tertiary/aromatic N) is 1. The maximum absolute atomic E-state index is 13.5. The van der Waals surface area contributed by atoms with Crippen LogP contribution in [0.15, 0.2) is 18.2 Å². The van der Waals surface area contributed by atoms with Gasteiger partial charge in [0.2, 0.25) is 5.91 Å². The van der Waals surface area contributed by atoms with Gasteiger partial charge in [0.15, 0.2) is 11.6 Å². The number of amides is 2. The quantitative estimate of drug-likeness (QED) is 0.897. The Balaban J connectivity index is 1.96. The zero-order chi connectivity index (χ0) is 14.7. The third-order valence-electron chi connectivity index (χ3n) is 3.47. The van der Waals surface area contributed by atoms with Gasteiger partial charge in [0.1, 0.15) is 0 Å². The maximum Gasteiger partial charge on any atom is 0.254 e. The molecule has 1 N–H and O–H groups in total. The smallest absolute Gasteiger partial charge is 0.254 e. The van der Waals surface area contributed by atoms with Gasteiger partial charge in [-0.3, -0.25) is 9.59 Å². The molecular formula is C14H16F2N2O2. The van der Waals surface area contributed by atoms with Crippen LogP contribution in [0, 0.1) is 11.6 Å². The molecule has 1 aliphatic rings. The summed E-state index contributed by atoms with van der Waals surface area (Å²) in [5, 5.41) is 2.68. The minimum absolute atomic E-state index is 0.00551.